The Labute approximate surface area is 111 Å². The van der Waals surface area contributed by atoms with Gasteiger partial charge in [0.2, 0.25) is 5.88 Å². The topological polar surface area (TPSA) is 59.4 Å². The van der Waals surface area contributed by atoms with Crippen molar-refractivity contribution in [3.05, 3.63) is 22.8 Å². The molecule has 0 saturated heterocycles. The van der Waals surface area contributed by atoms with Crippen LogP contribution in [0.5, 0.6) is 5.88 Å². The molecule has 18 heavy (non-hydrogen) atoms. The zero-order valence-electron chi connectivity index (χ0n) is 10.2. The highest BCUT2D eigenvalue weighted by Gasteiger charge is 2.20. The Morgan fingerprint density at radius 1 is 1.39 bits per heavy atom. The number of aromatic nitrogens is 1. The Hall–Kier alpha value is -1.29. The van der Waals surface area contributed by atoms with Gasteiger partial charge in [0.05, 0.1) is 5.02 Å². The lowest BCUT2D eigenvalue weighted by Crippen LogP contribution is -2.23. The quantitative estimate of drug-likeness (QED) is 0.914. The first-order valence-electron chi connectivity index (χ1n) is 6.12. The maximum Gasteiger partial charge on any atom is 0.356 e. The molecular formula is C13H16ClNO3. The zero-order valence-corrected chi connectivity index (χ0v) is 11.0. The normalized spacial score (nSPS) is 23.7. The molecule has 0 radical (unpaired) electrons. The van der Waals surface area contributed by atoms with E-state index >= 15 is 0 Å². The van der Waals surface area contributed by atoms with Gasteiger partial charge in [-0.2, -0.15) is 0 Å². The Balaban J connectivity index is 2.05. The monoisotopic (exact) mass is 269 g/mol. The van der Waals surface area contributed by atoms with Gasteiger partial charge in [-0.1, -0.05) is 18.5 Å². The number of carboxylic acids is 1. The Kier molecular flexibility index (Phi) is 4.07. The fourth-order valence-electron chi connectivity index (χ4n) is 2.16. The number of carbonyl (C=O) groups is 1. The summed E-state index contributed by atoms with van der Waals surface area (Å²) in [7, 11) is 0. The summed E-state index contributed by atoms with van der Waals surface area (Å²) >= 11 is 5.75. The lowest BCUT2D eigenvalue weighted by Gasteiger charge is -2.26. The first-order valence-corrected chi connectivity index (χ1v) is 6.50. The molecule has 0 spiro atoms. The van der Waals surface area contributed by atoms with E-state index in [4.69, 9.17) is 21.4 Å². The zero-order chi connectivity index (χ0) is 13.1. The molecule has 1 aromatic rings. The highest BCUT2D eigenvalue weighted by molar-refractivity contribution is 6.33. The summed E-state index contributed by atoms with van der Waals surface area (Å²) in [5, 5.41) is 9.06. The number of hydrogen-bond acceptors (Lipinski definition) is 3. The van der Waals surface area contributed by atoms with E-state index < -0.39 is 5.97 Å². The minimum absolute atomic E-state index is 0.132. The maximum absolute atomic E-state index is 10.9. The number of nitrogens with zero attached hydrogens (tertiary/aromatic N) is 1. The van der Waals surface area contributed by atoms with Gasteiger partial charge in [0, 0.05) is 6.07 Å². The van der Waals surface area contributed by atoms with Crippen LogP contribution in [0, 0.1) is 5.92 Å². The van der Waals surface area contributed by atoms with Gasteiger partial charge in [0.15, 0.2) is 5.69 Å². The van der Waals surface area contributed by atoms with E-state index in [-0.39, 0.29) is 16.8 Å². The maximum atomic E-state index is 10.9. The van der Waals surface area contributed by atoms with Crippen LogP contribution in [-0.4, -0.2) is 22.2 Å². The van der Waals surface area contributed by atoms with Gasteiger partial charge < -0.3 is 9.84 Å². The third-order valence-corrected chi connectivity index (χ3v) is 3.58. The molecule has 1 saturated carbocycles. The second-order valence-corrected chi connectivity index (χ2v) is 5.19. The minimum atomic E-state index is -1.14. The van der Waals surface area contributed by atoms with Crippen LogP contribution in [0.1, 0.15) is 43.1 Å². The third-order valence-electron chi connectivity index (χ3n) is 3.27. The van der Waals surface area contributed by atoms with Crippen LogP contribution in [0.15, 0.2) is 12.1 Å². The molecule has 0 amide bonds. The summed E-state index contributed by atoms with van der Waals surface area (Å²) in [6, 6.07) is 3.13. The molecule has 4 nitrogen and oxygen atoms in total. The number of aromatic carboxylic acids is 1. The summed E-state index contributed by atoms with van der Waals surface area (Å²) in [5.74, 6) is -0.0447. The fraction of sp³-hybridized carbons (Fsp3) is 0.538. The highest BCUT2D eigenvalue weighted by Crippen LogP contribution is 2.27. The molecule has 0 aliphatic heterocycles. The van der Waals surface area contributed by atoms with Crippen LogP contribution in [0.2, 0.25) is 5.02 Å². The molecule has 1 heterocycles. The lowest BCUT2D eigenvalue weighted by molar-refractivity contribution is 0.0687. The Morgan fingerprint density at radius 2 is 2.06 bits per heavy atom. The summed E-state index contributed by atoms with van der Waals surface area (Å²) in [5.41, 5.74) is -0.154. The van der Waals surface area contributed by atoms with Crippen molar-refractivity contribution in [2.75, 3.05) is 0 Å². The molecule has 5 heteroatoms. The molecule has 1 aliphatic carbocycles. The lowest BCUT2D eigenvalue weighted by atomic mass is 9.89. The SMILES string of the molecule is CC1CCC(Oc2ccc(Cl)c(C(=O)O)n2)CC1. The number of rotatable bonds is 3. The number of ether oxygens (including phenoxy) is 1. The first kappa shape index (κ1) is 13.1. The molecule has 1 aliphatic rings. The van der Waals surface area contributed by atoms with Crippen molar-refractivity contribution >= 4 is 17.6 Å². The van der Waals surface area contributed by atoms with Gasteiger partial charge in [0.1, 0.15) is 6.10 Å². The van der Waals surface area contributed by atoms with Gasteiger partial charge in [-0.25, -0.2) is 9.78 Å². The number of hydrogen-bond donors (Lipinski definition) is 1. The fourth-order valence-corrected chi connectivity index (χ4v) is 2.34. The Morgan fingerprint density at radius 3 is 2.67 bits per heavy atom. The van der Waals surface area contributed by atoms with Crippen LogP contribution < -0.4 is 4.74 Å². The van der Waals surface area contributed by atoms with Crippen LogP contribution in [0.3, 0.4) is 0 Å². The summed E-state index contributed by atoms with van der Waals surface area (Å²) in [6.45, 7) is 2.24. The largest absolute Gasteiger partial charge is 0.476 e. The van der Waals surface area contributed by atoms with E-state index in [1.807, 2.05) is 0 Å². The molecule has 1 N–H and O–H groups in total. The van der Waals surface area contributed by atoms with Crippen molar-refractivity contribution < 1.29 is 14.6 Å². The predicted octanol–water partition coefficient (Wildman–Crippen LogP) is 3.39. The molecule has 0 unspecified atom stereocenters. The van der Waals surface area contributed by atoms with E-state index in [2.05, 4.69) is 11.9 Å². The van der Waals surface area contributed by atoms with Crippen molar-refractivity contribution in [1.29, 1.82) is 0 Å². The van der Waals surface area contributed by atoms with Crippen LogP contribution >= 0.6 is 11.6 Å². The molecule has 1 fully saturated rings. The van der Waals surface area contributed by atoms with Gasteiger partial charge in [0.25, 0.3) is 0 Å². The van der Waals surface area contributed by atoms with Gasteiger partial charge in [-0.05, 0) is 37.7 Å². The van der Waals surface area contributed by atoms with E-state index in [0.29, 0.717) is 5.88 Å². The molecule has 0 aromatic carbocycles. The number of pyridine rings is 1. The standard InChI is InChI=1S/C13H16ClNO3/c1-8-2-4-9(5-3-8)18-11-7-6-10(14)12(15-11)13(16)17/h6-9H,2-5H2,1H3,(H,16,17). The number of halogens is 1. The third kappa shape index (κ3) is 3.13. The van der Waals surface area contributed by atoms with Crippen LogP contribution in [-0.2, 0) is 0 Å². The molecule has 0 atom stereocenters. The number of carboxylic acid groups (broad SMARTS) is 1. The summed E-state index contributed by atoms with van der Waals surface area (Å²) in [6.07, 6.45) is 4.41. The highest BCUT2D eigenvalue weighted by atomic mass is 35.5. The van der Waals surface area contributed by atoms with E-state index in [1.165, 1.54) is 6.07 Å². The van der Waals surface area contributed by atoms with E-state index in [1.54, 1.807) is 6.07 Å². The second-order valence-electron chi connectivity index (χ2n) is 4.78. The van der Waals surface area contributed by atoms with Crippen molar-refractivity contribution in [2.24, 2.45) is 5.92 Å². The van der Waals surface area contributed by atoms with E-state index in [0.717, 1.165) is 31.6 Å². The first-order chi connectivity index (χ1) is 8.56. The van der Waals surface area contributed by atoms with Gasteiger partial charge in [-0.3, -0.25) is 0 Å². The molecule has 0 bridgehead atoms. The summed E-state index contributed by atoms with van der Waals surface area (Å²) in [4.78, 5) is 14.8. The smallest absolute Gasteiger partial charge is 0.356 e. The minimum Gasteiger partial charge on any atom is -0.476 e. The molecular weight excluding hydrogens is 254 g/mol. The van der Waals surface area contributed by atoms with Gasteiger partial charge >= 0.3 is 5.97 Å². The Bertz CT molecular complexity index is 442. The summed E-state index contributed by atoms with van der Waals surface area (Å²) < 4.78 is 5.72. The van der Waals surface area contributed by atoms with E-state index in [9.17, 15) is 4.79 Å². The molecule has 98 valence electrons. The average Bonchev–Trinajstić information content (AvgIpc) is 2.34. The second kappa shape index (κ2) is 5.57. The van der Waals surface area contributed by atoms with Crippen molar-refractivity contribution in [3.8, 4) is 5.88 Å². The van der Waals surface area contributed by atoms with Crippen molar-refractivity contribution in [1.82, 2.24) is 4.98 Å². The van der Waals surface area contributed by atoms with Crippen molar-refractivity contribution in [3.63, 3.8) is 0 Å². The van der Waals surface area contributed by atoms with Crippen LogP contribution in [0.25, 0.3) is 0 Å². The predicted molar refractivity (Wildman–Crippen MR) is 68.3 cm³/mol. The van der Waals surface area contributed by atoms with Crippen LogP contribution in [0.4, 0.5) is 0 Å². The van der Waals surface area contributed by atoms with Crippen molar-refractivity contribution in [2.45, 2.75) is 38.7 Å². The average molecular weight is 270 g/mol. The van der Waals surface area contributed by atoms with Gasteiger partial charge in [-0.15, -0.1) is 0 Å². The molecule has 2 rings (SSSR count). The molecule has 1 aromatic heterocycles.